The average molecular weight is 432 g/mol. The molecule has 2 aliphatic rings. The first kappa shape index (κ1) is 19.8. The second-order valence-corrected chi connectivity index (χ2v) is 6.99. The van der Waals surface area contributed by atoms with Crippen molar-refractivity contribution in [2.75, 3.05) is 23.9 Å². The zero-order valence-corrected chi connectivity index (χ0v) is 16.3. The number of nitrogens with one attached hydrogen (secondary N) is 1. The Morgan fingerprint density at radius 3 is 2.77 bits per heavy atom. The highest BCUT2D eigenvalue weighted by Crippen LogP contribution is 2.33. The van der Waals surface area contributed by atoms with Crippen LogP contribution in [0.3, 0.4) is 0 Å². The van der Waals surface area contributed by atoms with Gasteiger partial charge in [0.05, 0.1) is 17.8 Å². The van der Waals surface area contributed by atoms with E-state index in [-0.39, 0.29) is 17.3 Å². The van der Waals surface area contributed by atoms with Crippen molar-refractivity contribution in [3.8, 4) is 5.75 Å². The largest absolute Gasteiger partial charge is 0.497 e. The molecule has 4 rings (SSSR count). The number of carbonyl (C=O) groups is 3. The molecule has 2 aromatic rings. The third-order valence-electron chi connectivity index (χ3n) is 4.68. The topological polar surface area (TPSA) is 104 Å². The summed E-state index contributed by atoms with van der Waals surface area (Å²) in [5.74, 6) is -1.79. The first-order valence-corrected chi connectivity index (χ1v) is 9.21. The molecule has 2 atom stereocenters. The highest BCUT2D eigenvalue weighted by Gasteiger charge is 2.55. The third-order valence-corrected chi connectivity index (χ3v) is 4.97. The van der Waals surface area contributed by atoms with Gasteiger partial charge in [0.2, 0.25) is 5.91 Å². The van der Waals surface area contributed by atoms with Crippen LogP contribution in [0.25, 0.3) is 0 Å². The van der Waals surface area contributed by atoms with Crippen LogP contribution >= 0.6 is 11.6 Å². The lowest BCUT2D eigenvalue weighted by molar-refractivity contribution is -0.123. The number of fused-ring (bicyclic) bond motifs is 1. The summed E-state index contributed by atoms with van der Waals surface area (Å²) in [4.78, 5) is 38.8. The number of rotatable bonds is 5. The van der Waals surface area contributed by atoms with Crippen LogP contribution < -0.4 is 15.0 Å². The fourth-order valence-corrected chi connectivity index (χ4v) is 3.46. The average Bonchev–Trinajstić information content (AvgIpc) is 3.24. The van der Waals surface area contributed by atoms with Gasteiger partial charge in [0.15, 0.2) is 12.1 Å². The van der Waals surface area contributed by atoms with E-state index >= 15 is 0 Å². The number of nitrogens with zero attached hydrogens (tertiary/aromatic N) is 4. The van der Waals surface area contributed by atoms with Crippen molar-refractivity contribution in [1.82, 2.24) is 5.01 Å². The summed E-state index contributed by atoms with van der Waals surface area (Å²) in [5.41, 5.74) is 0.630. The quantitative estimate of drug-likeness (QED) is 0.732. The Morgan fingerprint density at radius 2 is 2.03 bits per heavy atom. The van der Waals surface area contributed by atoms with Gasteiger partial charge in [0.25, 0.3) is 11.8 Å². The van der Waals surface area contributed by atoms with Crippen molar-refractivity contribution in [2.24, 2.45) is 10.3 Å². The maximum atomic E-state index is 13.4. The highest BCUT2D eigenvalue weighted by molar-refractivity contribution is 6.32. The molecule has 0 spiro atoms. The Bertz CT molecular complexity index is 1080. The van der Waals surface area contributed by atoms with Gasteiger partial charge in [-0.05, 0) is 30.3 Å². The van der Waals surface area contributed by atoms with Crippen LogP contribution in [0.15, 0.2) is 52.8 Å². The van der Waals surface area contributed by atoms with Gasteiger partial charge in [-0.2, -0.15) is 5.11 Å². The van der Waals surface area contributed by atoms with E-state index in [4.69, 9.17) is 16.3 Å². The van der Waals surface area contributed by atoms with E-state index in [0.29, 0.717) is 11.4 Å². The van der Waals surface area contributed by atoms with Crippen LogP contribution in [0.4, 0.5) is 15.8 Å². The smallest absolute Gasteiger partial charge is 0.263 e. The number of imide groups is 1. The first-order chi connectivity index (χ1) is 14.4. The second kappa shape index (κ2) is 7.71. The fourth-order valence-electron chi connectivity index (χ4n) is 3.28. The summed E-state index contributed by atoms with van der Waals surface area (Å²) in [6.45, 7) is -0.293. The summed E-state index contributed by atoms with van der Waals surface area (Å²) >= 11 is 5.77. The van der Waals surface area contributed by atoms with Crippen LogP contribution in [0.1, 0.15) is 0 Å². The minimum absolute atomic E-state index is 0.127. The van der Waals surface area contributed by atoms with Gasteiger partial charge >= 0.3 is 0 Å². The number of methoxy groups -OCH3 is 1. The molecule has 154 valence electrons. The summed E-state index contributed by atoms with van der Waals surface area (Å²) in [5, 5.41) is 11.3. The van der Waals surface area contributed by atoms with Crippen molar-refractivity contribution in [3.05, 3.63) is 53.3 Å². The van der Waals surface area contributed by atoms with Gasteiger partial charge in [-0.3, -0.25) is 19.4 Å². The molecule has 0 unspecified atom stereocenters. The minimum atomic E-state index is -1.08. The fraction of sp³-hybridized carbons (Fsp3) is 0.211. The molecule has 0 radical (unpaired) electrons. The summed E-state index contributed by atoms with van der Waals surface area (Å²) in [6.07, 6.45) is 0. The normalized spacial score (nSPS) is 20.0. The standard InChI is InChI=1S/C19H15ClFN5O4/c1-30-12-4-2-3-10(7-12)22-15(27)9-25-17-16(23-24-25)18(28)26(19(17)29)11-5-6-14(21)13(20)8-11/h2-8,16-17H,9H2,1H3,(H,22,27)/t16-,17+/m1/s1. The van der Waals surface area contributed by atoms with E-state index < -0.39 is 35.6 Å². The van der Waals surface area contributed by atoms with Crippen molar-refractivity contribution in [1.29, 1.82) is 0 Å². The predicted molar refractivity (Wildman–Crippen MR) is 105 cm³/mol. The van der Waals surface area contributed by atoms with Crippen molar-refractivity contribution in [2.45, 2.75) is 12.1 Å². The number of anilines is 2. The SMILES string of the molecule is COc1cccc(NC(=O)CN2N=N[C@H]3C(=O)N(c4ccc(F)c(Cl)c4)C(=O)[C@H]32)c1. The Morgan fingerprint density at radius 1 is 1.23 bits per heavy atom. The maximum absolute atomic E-state index is 13.4. The van der Waals surface area contributed by atoms with Crippen LogP contribution in [-0.2, 0) is 14.4 Å². The molecule has 30 heavy (non-hydrogen) atoms. The molecule has 2 aliphatic heterocycles. The number of benzene rings is 2. The summed E-state index contributed by atoms with van der Waals surface area (Å²) in [7, 11) is 1.51. The molecular weight excluding hydrogens is 417 g/mol. The van der Waals surface area contributed by atoms with E-state index in [1.54, 1.807) is 24.3 Å². The Balaban J connectivity index is 1.49. The molecule has 1 fully saturated rings. The molecule has 3 amide bonds. The number of carbonyl (C=O) groups excluding carboxylic acids is 3. The Labute approximate surface area is 175 Å². The number of hydrogen-bond donors (Lipinski definition) is 1. The van der Waals surface area contributed by atoms with Gasteiger partial charge in [0.1, 0.15) is 18.1 Å². The predicted octanol–water partition coefficient (Wildman–Crippen LogP) is 2.42. The molecule has 9 nitrogen and oxygen atoms in total. The van der Waals surface area contributed by atoms with Gasteiger partial charge in [-0.15, -0.1) is 0 Å². The minimum Gasteiger partial charge on any atom is -0.497 e. The number of ether oxygens (including phenoxy) is 1. The van der Waals surface area contributed by atoms with Gasteiger partial charge < -0.3 is 10.1 Å². The maximum Gasteiger partial charge on any atom is 0.263 e. The lowest BCUT2D eigenvalue weighted by Crippen LogP contribution is -2.43. The van der Waals surface area contributed by atoms with Gasteiger partial charge in [-0.25, -0.2) is 9.29 Å². The van der Waals surface area contributed by atoms with Crippen molar-refractivity contribution in [3.63, 3.8) is 0 Å². The molecule has 11 heteroatoms. The van der Waals surface area contributed by atoms with Crippen LogP contribution in [-0.4, -0.2) is 48.5 Å². The zero-order valence-electron chi connectivity index (χ0n) is 15.6. The molecule has 0 bridgehead atoms. The molecule has 0 aromatic heterocycles. The van der Waals surface area contributed by atoms with Crippen LogP contribution in [0, 0.1) is 5.82 Å². The highest BCUT2D eigenvalue weighted by atomic mass is 35.5. The van der Waals surface area contributed by atoms with E-state index in [0.717, 1.165) is 16.0 Å². The molecule has 2 heterocycles. The second-order valence-electron chi connectivity index (χ2n) is 6.58. The van der Waals surface area contributed by atoms with E-state index in [9.17, 15) is 18.8 Å². The molecule has 1 N–H and O–H groups in total. The molecule has 1 saturated heterocycles. The van der Waals surface area contributed by atoms with Crippen LogP contribution in [0.2, 0.25) is 5.02 Å². The molecule has 0 saturated carbocycles. The van der Waals surface area contributed by atoms with Crippen molar-refractivity contribution < 1.29 is 23.5 Å². The molecular formula is C19H15ClFN5O4. The lowest BCUT2D eigenvalue weighted by atomic mass is 10.1. The molecule has 0 aliphatic carbocycles. The van der Waals surface area contributed by atoms with Gasteiger partial charge in [-0.1, -0.05) is 22.9 Å². The number of hydrogen-bond acceptors (Lipinski definition) is 7. The Kier molecular flexibility index (Phi) is 5.08. The van der Waals surface area contributed by atoms with Crippen LogP contribution in [0.5, 0.6) is 5.75 Å². The van der Waals surface area contributed by atoms with E-state index in [1.165, 1.54) is 19.2 Å². The number of amides is 3. The summed E-state index contributed by atoms with van der Waals surface area (Å²) < 4.78 is 18.5. The third kappa shape index (κ3) is 3.45. The van der Waals surface area contributed by atoms with E-state index in [1.807, 2.05) is 0 Å². The summed E-state index contributed by atoms with van der Waals surface area (Å²) in [6, 6.07) is 8.14. The first-order valence-electron chi connectivity index (χ1n) is 8.83. The number of halogens is 2. The Hall–Kier alpha value is -3.53. The van der Waals surface area contributed by atoms with Crippen molar-refractivity contribution >= 4 is 40.7 Å². The molecule has 2 aromatic carbocycles. The van der Waals surface area contributed by atoms with E-state index in [2.05, 4.69) is 15.7 Å². The zero-order chi connectivity index (χ0) is 21.4. The monoisotopic (exact) mass is 431 g/mol. The van der Waals surface area contributed by atoms with Gasteiger partial charge in [0, 0.05) is 11.8 Å². The lowest BCUT2D eigenvalue weighted by Gasteiger charge is -2.20.